The number of aryl methyl sites for hydroxylation is 1. The van der Waals surface area contributed by atoms with Crippen molar-refractivity contribution >= 4 is 5.97 Å². The van der Waals surface area contributed by atoms with Crippen LogP contribution < -0.4 is 4.74 Å². The first-order valence-corrected chi connectivity index (χ1v) is 9.33. The molecule has 28 heavy (non-hydrogen) atoms. The van der Waals surface area contributed by atoms with Crippen LogP contribution in [0.4, 0.5) is 4.39 Å². The predicted octanol–water partition coefficient (Wildman–Crippen LogP) is 5.52. The average molecular weight is 376 g/mol. The molecule has 3 nitrogen and oxygen atoms in total. The lowest BCUT2D eigenvalue weighted by Crippen LogP contribution is -2.38. The largest absolute Gasteiger partial charge is 0.486 e. The topological polar surface area (TPSA) is 46.5 Å². The summed E-state index contributed by atoms with van der Waals surface area (Å²) in [6.07, 6.45) is 2.21. The monoisotopic (exact) mass is 376 g/mol. The van der Waals surface area contributed by atoms with Crippen molar-refractivity contribution < 1.29 is 19.0 Å². The summed E-state index contributed by atoms with van der Waals surface area (Å²) in [6, 6.07) is 19.4. The van der Waals surface area contributed by atoms with Crippen LogP contribution in [0.15, 0.2) is 66.7 Å². The molecule has 1 atom stereocenters. The molecule has 0 bridgehead atoms. The highest BCUT2D eigenvalue weighted by molar-refractivity contribution is 5.97. The zero-order chi connectivity index (χ0) is 19.7. The Hall–Kier alpha value is -3.14. The Balaban J connectivity index is 1.74. The number of para-hydroxylation sites is 1. The fraction of sp³-hybridized carbons (Fsp3) is 0.208. The highest BCUT2D eigenvalue weighted by Crippen LogP contribution is 2.42. The van der Waals surface area contributed by atoms with Crippen LogP contribution in [0.2, 0.25) is 0 Å². The molecule has 0 radical (unpaired) electrons. The van der Waals surface area contributed by atoms with E-state index in [-0.39, 0.29) is 11.4 Å². The Bertz CT molecular complexity index is 1040. The predicted molar refractivity (Wildman–Crippen MR) is 106 cm³/mol. The summed E-state index contributed by atoms with van der Waals surface area (Å²) in [7, 11) is 0. The van der Waals surface area contributed by atoms with E-state index in [0.29, 0.717) is 12.0 Å². The minimum atomic E-state index is -0.966. The van der Waals surface area contributed by atoms with Gasteiger partial charge >= 0.3 is 5.97 Å². The van der Waals surface area contributed by atoms with Gasteiger partial charge in [-0.2, -0.15) is 0 Å². The zero-order valence-corrected chi connectivity index (χ0v) is 15.6. The summed E-state index contributed by atoms with van der Waals surface area (Å²) in [5, 5.41) is 9.58. The molecule has 0 saturated heterocycles. The van der Waals surface area contributed by atoms with Crippen molar-refractivity contribution in [3.63, 3.8) is 0 Å². The van der Waals surface area contributed by atoms with E-state index < -0.39 is 11.6 Å². The standard InChI is InChI=1S/C24H21FO3/c1-24(15-16-6-4-8-18(25)14-16)13-12-17-7-5-11-20(22(17)28-24)19-9-2-3-10-21(19)23(26)27/h2-11,14H,12-13,15H2,1H3,(H,26,27)/t24-/m0/s1. The zero-order valence-electron chi connectivity index (χ0n) is 15.6. The molecule has 4 rings (SSSR count). The molecule has 0 aromatic heterocycles. The highest BCUT2D eigenvalue weighted by atomic mass is 19.1. The van der Waals surface area contributed by atoms with Crippen LogP contribution in [-0.2, 0) is 12.8 Å². The number of hydrogen-bond acceptors (Lipinski definition) is 2. The highest BCUT2D eigenvalue weighted by Gasteiger charge is 2.33. The van der Waals surface area contributed by atoms with Crippen LogP contribution in [0, 0.1) is 5.82 Å². The number of ether oxygens (including phenoxy) is 1. The summed E-state index contributed by atoms with van der Waals surface area (Å²) in [4.78, 5) is 11.7. The minimum absolute atomic E-state index is 0.247. The van der Waals surface area contributed by atoms with Crippen molar-refractivity contribution in [3.05, 3.63) is 89.2 Å². The number of carbonyl (C=O) groups is 1. The molecule has 1 N–H and O–H groups in total. The summed E-state index contributed by atoms with van der Waals surface area (Å²) in [5.74, 6) is -0.499. The van der Waals surface area contributed by atoms with Gasteiger partial charge in [0.15, 0.2) is 0 Å². The second kappa shape index (κ2) is 7.12. The summed E-state index contributed by atoms with van der Waals surface area (Å²) in [6.45, 7) is 2.03. The fourth-order valence-corrected chi connectivity index (χ4v) is 3.92. The molecule has 0 aliphatic carbocycles. The third-order valence-electron chi connectivity index (χ3n) is 5.28. The Morgan fingerprint density at radius 1 is 1.07 bits per heavy atom. The van der Waals surface area contributed by atoms with Gasteiger partial charge in [-0.15, -0.1) is 0 Å². The van der Waals surface area contributed by atoms with E-state index in [1.54, 1.807) is 24.3 Å². The molecule has 1 heterocycles. The molecule has 0 saturated carbocycles. The summed E-state index contributed by atoms with van der Waals surface area (Å²) < 4.78 is 20.1. The fourth-order valence-electron chi connectivity index (χ4n) is 3.92. The van der Waals surface area contributed by atoms with Crippen molar-refractivity contribution in [2.45, 2.75) is 31.8 Å². The molecule has 3 aromatic carbocycles. The van der Waals surface area contributed by atoms with Crippen LogP contribution in [0.25, 0.3) is 11.1 Å². The van der Waals surface area contributed by atoms with Crippen molar-refractivity contribution in [3.8, 4) is 16.9 Å². The number of fused-ring (bicyclic) bond motifs is 1. The first-order valence-electron chi connectivity index (χ1n) is 9.33. The van der Waals surface area contributed by atoms with Gasteiger partial charge in [-0.3, -0.25) is 0 Å². The van der Waals surface area contributed by atoms with E-state index in [1.807, 2.05) is 37.3 Å². The van der Waals surface area contributed by atoms with Gasteiger partial charge in [0, 0.05) is 12.0 Å². The number of hydrogen-bond donors (Lipinski definition) is 1. The van der Waals surface area contributed by atoms with Crippen LogP contribution in [0.5, 0.6) is 5.75 Å². The van der Waals surface area contributed by atoms with Crippen molar-refractivity contribution in [1.29, 1.82) is 0 Å². The van der Waals surface area contributed by atoms with Gasteiger partial charge in [-0.05, 0) is 54.7 Å². The number of rotatable bonds is 4. The maximum atomic E-state index is 13.6. The third kappa shape index (κ3) is 3.50. The molecule has 0 spiro atoms. The second-order valence-electron chi connectivity index (χ2n) is 7.50. The SMILES string of the molecule is C[C@@]1(Cc2cccc(F)c2)CCc2cccc(-c3ccccc3C(=O)O)c2O1. The van der Waals surface area contributed by atoms with Gasteiger partial charge in [0.25, 0.3) is 0 Å². The molecule has 0 amide bonds. The van der Waals surface area contributed by atoms with Gasteiger partial charge in [0.2, 0.25) is 0 Å². The quantitative estimate of drug-likeness (QED) is 0.652. The van der Waals surface area contributed by atoms with Crippen LogP contribution in [-0.4, -0.2) is 16.7 Å². The van der Waals surface area contributed by atoms with E-state index in [2.05, 4.69) is 0 Å². The molecule has 1 aliphatic heterocycles. The number of aromatic carboxylic acids is 1. The van der Waals surface area contributed by atoms with Crippen molar-refractivity contribution in [2.24, 2.45) is 0 Å². The molecule has 142 valence electrons. The number of carboxylic acid groups (broad SMARTS) is 1. The van der Waals surface area contributed by atoms with Crippen molar-refractivity contribution in [2.75, 3.05) is 0 Å². The maximum absolute atomic E-state index is 13.6. The first-order chi connectivity index (χ1) is 13.5. The van der Waals surface area contributed by atoms with Crippen LogP contribution >= 0.6 is 0 Å². The molecule has 4 heteroatoms. The smallest absolute Gasteiger partial charge is 0.336 e. The summed E-state index contributed by atoms with van der Waals surface area (Å²) >= 11 is 0. The molecule has 0 fully saturated rings. The van der Waals surface area contributed by atoms with Crippen molar-refractivity contribution in [1.82, 2.24) is 0 Å². The Kier molecular flexibility index (Phi) is 4.63. The van der Waals surface area contributed by atoms with Gasteiger partial charge in [-0.25, -0.2) is 9.18 Å². The lowest BCUT2D eigenvalue weighted by atomic mass is 9.85. The van der Waals surface area contributed by atoms with Gasteiger partial charge in [0.1, 0.15) is 17.2 Å². The average Bonchev–Trinajstić information content (AvgIpc) is 2.67. The van der Waals surface area contributed by atoms with Gasteiger partial charge in [0.05, 0.1) is 5.56 Å². The lowest BCUT2D eigenvalue weighted by Gasteiger charge is -2.37. The first kappa shape index (κ1) is 18.2. The van der Waals surface area contributed by atoms with Crippen LogP contribution in [0.1, 0.15) is 34.8 Å². The number of benzene rings is 3. The van der Waals surface area contributed by atoms with E-state index in [0.717, 1.165) is 35.3 Å². The van der Waals surface area contributed by atoms with E-state index in [9.17, 15) is 14.3 Å². The molecular weight excluding hydrogens is 355 g/mol. The second-order valence-corrected chi connectivity index (χ2v) is 7.50. The number of halogens is 1. The van der Waals surface area contributed by atoms with Gasteiger partial charge < -0.3 is 9.84 Å². The molecular formula is C24H21FO3. The van der Waals surface area contributed by atoms with E-state index >= 15 is 0 Å². The minimum Gasteiger partial charge on any atom is -0.486 e. The van der Waals surface area contributed by atoms with Gasteiger partial charge in [-0.1, -0.05) is 48.5 Å². The molecule has 3 aromatic rings. The number of carboxylic acids is 1. The molecule has 1 aliphatic rings. The Morgan fingerprint density at radius 2 is 1.82 bits per heavy atom. The summed E-state index contributed by atoms with van der Waals surface area (Å²) in [5.41, 5.74) is 3.12. The Labute approximate surface area is 163 Å². The van der Waals surface area contributed by atoms with E-state index in [4.69, 9.17) is 4.74 Å². The normalized spacial score (nSPS) is 18.2. The molecule has 0 unspecified atom stereocenters. The van der Waals surface area contributed by atoms with Crippen LogP contribution in [0.3, 0.4) is 0 Å². The maximum Gasteiger partial charge on any atom is 0.336 e. The Morgan fingerprint density at radius 3 is 2.61 bits per heavy atom. The van der Waals surface area contributed by atoms with E-state index in [1.165, 1.54) is 12.1 Å². The third-order valence-corrected chi connectivity index (χ3v) is 5.28. The lowest BCUT2D eigenvalue weighted by molar-refractivity contribution is 0.0661.